The van der Waals surface area contributed by atoms with E-state index in [2.05, 4.69) is 37.2 Å². The van der Waals surface area contributed by atoms with Gasteiger partial charge in [-0.3, -0.25) is 0 Å². The highest BCUT2D eigenvalue weighted by atomic mass is 79.9. The Balaban J connectivity index is 2.00. The second kappa shape index (κ2) is 5.58. The van der Waals surface area contributed by atoms with Gasteiger partial charge >= 0.3 is 5.97 Å². The molecule has 2 N–H and O–H groups in total. The minimum absolute atomic E-state index is 0.268. The largest absolute Gasteiger partial charge is 0.478 e. The van der Waals surface area contributed by atoms with Crippen LogP contribution in [0.15, 0.2) is 43.9 Å². The Bertz CT molecular complexity index is 544. The normalized spacial score (nSPS) is 10.3. The molecule has 0 aliphatic carbocycles. The number of rotatable bonds is 4. The van der Waals surface area contributed by atoms with Crippen LogP contribution in [-0.4, -0.2) is 11.1 Å². The molecule has 0 bridgehead atoms. The van der Waals surface area contributed by atoms with Crippen LogP contribution in [0.25, 0.3) is 0 Å². The fourth-order valence-corrected chi connectivity index (χ4v) is 2.06. The highest BCUT2D eigenvalue weighted by molar-refractivity contribution is 9.13. The van der Waals surface area contributed by atoms with Gasteiger partial charge in [0.15, 0.2) is 4.67 Å². The van der Waals surface area contributed by atoms with Gasteiger partial charge in [0.2, 0.25) is 0 Å². The lowest BCUT2D eigenvalue weighted by Gasteiger charge is -2.04. The summed E-state index contributed by atoms with van der Waals surface area (Å²) in [6, 6.07) is 8.41. The van der Waals surface area contributed by atoms with Gasteiger partial charge < -0.3 is 14.8 Å². The number of nitrogens with one attached hydrogen (secondary N) is 1. The fraction of sp³-hybridized carbons (Fsp3) is 0.0833. The maximum absolute atomic E-state index is 10.7. The lowest BCUT2D eigenvalue weighted by atomic mass is 10.2. The first-order valence-electron chi connectivity index (χ1n) is 5.07. The standard InChI is InChI=1S/C12H9Br2NO3/c13-10-5-9(18-11(10)14)6-15-8-3-1-7(2-4-8)12(16)17/h1-5,15H,6H2,(H,16,17). The van der Waals surface area contributed by atoms with Crippen LogP contribution >= 0.6 is 31.9 Å². The molecule has 0 saturated carbocycles. The molecule has 1 heterocycles. The van der Waals surface area contributed by atoms with E-state index < -0.39 is 5.97 Å². The minimum Gasteiger partial charge on any atom is -0.478 e. The van der Waals surface area contributed by atoms with Crippen LogP contribution in [0.5, 0.6) is 0 Å². The highest BCUT2D eigenvalue weighted by Crippen LogP contribution is 2.27. The second-order valence-electron chi connectivity index (χ2n) is 3.57. The summed E-state index contributed by atoms with van der Waals surface area (Å²) < 4.78 is 6.93. The summed E-state index contributed by atoms with van der Waals surface area (Å²) in [5.74, 6) is -0.156. The number of furan rings is 1. The molecule has 2 rings (SSSR count). The smallest absolute Gasteiger partial charge is 0.335 e. The van der Waals surface area contributed by atoms with E-state index in [9.17, 15) is 4.79 Å². The predicted octanol–water partition coefficient (Wildman–Crippen LogP) is 4.11. The molecule has 2 aromatic rings. The molecule has 0 saturated heterocycles. The average molecular weight is 375 g/mol. The van der Waals surface area contributed by atoms with E-state index in [1.165, 1.54) is 0 Å². The molecule has 0 atom stereocenters. The Labute approximate surface area is 120 Å². The summed E-state index contributed by atoms with van der Waals surface area (Å²) >= 11 is 6.60. The number of hydrogen-bond donors (Lipinski definition) is 2. The second-order valence-corrected chi connectivity index (χ2v) is 5.14. The van der Waals surface area contributed by atoms with Gasteiger partial charge in [-0.25, -0.2) is 4.79 Å². The van der Waals surface area contributed by atoms with Crippen LogP contribution in [0.4, 0.5) is 5.69 Å². The molecule has 0 fully saturated rings. The third-order valence-electron chi connectivity index (χ3n) is 2.29. The number of carboxylic acids is 1. The van der Waals surface area contributed by atoms with Gasteiger partial charge in [0, 0.05) is 5.69 Å². The molecule has 0 spiro atoms. The zero-order valence-electron chi connectivity index (χ0n) is 9.11. The van der Waals surface area contributed by atoms with Crippen LogP contribution in [0.2, 0.25) is 0 Å². The van der Waals surface area contributed by atoms with E-state index in [1.807, 2.05) is 6.07 Å². The molecular weight excluding hydrogens is 366 g/mol. The number of carbonyl (C=O) groups is 1. The topological polar surface area (TPSA) is 62.5 Å². The first-order chi connectivity index (χ1) is 8.56. The third-order valence-corrected chi connectivity index (χ3v) is 4.00. The van der Waals surface area contributed by atoms with Crippen molar-refractivity contribution in [2.45, 2.75) is 6.54 Å². The number of benzene rings is 1. The predicted molar refractivity (Wildman–Crippen MR) is 74.8 cm³/mol. The van der Waals surface area contributed by atoms with Crippen molar-refractivity contribution in [3.05, 3.63) is 50.8 Å². The maximum atomic E-state index is 10.7. The van der Waals surface area contributed by atoms with Crippen molar-refractivity contribution in [3.8, 4) is 0 Å². The van der Waals surface area contributed by atoms with Crippen LogP contribution in [0, 0.1) is 0 Å². The van der Waals surface area contributed by atoms with E-state index in [1.54, 1.807) is 24.3 Å². The molecule has 18 heavy (non-hydrogen) atoms. The van der Waals surface area contributed by atoms with Crippen molar-refractivity contribution in [1.29, 1.82) is 0 Å². The van der Waals surface area contributed by atoms with Crippen LogP contribution < -0.4 is 5.32 Å². The molecule has 0 unspecified atom stereocenters. The molecule has 4 nitrogen and oxygen atoms in total. The van der Waals surface area contributed by atoms with Gasteiger partial charge in [-0.1, -0.05) is 0 Å². The zero-order valence-corrected chi connectivity index (χ0v) is 12.3. The zero-order chi connectivity index (χ0) is 13.1. The van der Waals surface area contributed by atoms with Crippen LogP contribution in [0.1, 0.15) is 16.1 Å². The molecule has 1 aromatic heterocycles. The van der Waals surface area contributed by atoms with Gasteiger partial charge in [-0.15, -0.1) is 0 Å². The first-order valence-corrected chi connectivity index (χ1v) is 6.66. The van der Waals surface area contributed by atoms with Gasteiger partial charge in [-0.2, -0.15) is 0 Å². The summed E-state index contributed by atoms with van der Waals surface area (Å²) in [4.78, 5) is 10.7. The molecule has 0 aliphatic heterocycles. The summed E-state index contributed by atoms with van der Waals surface area (Å²) in [6.07, 6.45) is 0. The number of anilines is 1. The highest BCUT2D eigenvalue weighted by Gasteiger charge is 2.06. The van der Waals surface area contributed by atoms with Crippen molar-refractivity contribution >= 4 is 43.5 Å². The molecule has 94 valence electrons. The van der Waals surface area contributed by atoms with Crippen molar-refractivity contribution in [3.63, 3.8) is 0 Å². The Morgan fingerprint density at radius 3 is 2.44 bits per heavy atom. The number of carboxylic acid groups (broad SMARTS) is 1. The lowest BCUT2D eigenvalue weighted by molar-refractivity contribution is 0.0697. The van der Waals surface area contributed by atoms with E-state index in [-0.39, 0.29) is 5.56 Å². The third kappa shape index (κ3) is 3.14. The Hall–Kier alpha value is -1.27. The Kier molecular flexibility index (Phi) is 4.08. The van der Waals surface area contributed by atoms with E-state index in [0.717, 1.165) is 15.9 Å². The molecule has 1 aromatic carbocycles. The Morgan fingerprint density at radius 1 is 1.28 bits per heavy atom. The first kappa shape index (κ1) is 13.2. The van der Waals surface area contributed by atoms with Gasteiger partial charge in [0.25, 0.3) is 0 Å². The molecule has 0 amide bonds. The number of halogens is 2. The van der Waals surface area contributed by atoms with Crippen molar-refractivity contribution < 1.29 is 14.3 Å². The summed E-state index contributed by atoms with van der Waals surface area (Å²) in [7, 11) is 0. The van der Waals surface area contributed by atoms with Crippen LogP contribution in [-0.2, 0) is 6.54 Å². The quantitative estimate of drug-likeness (QED) is 0.845. The summed E-state index contributed by atoms with van der Waals surface area (Å²) in [5.41, 5.74) is 1.10. The van der Waals surface area contributed by atoms with Crippen molar-refractivity contribution in [2.24, 2.45) is 0 Å². The van der Waals surface area contributed by atoms with E-state index >= 15 is 0 Å². The monoisotopic (exact) mass is 373 g/mol. The molecule has 0 aliphatic rings. The summed E-state index contributed by atoms with van der Waals surface area (Å²) in [5, 5.41) is 11.9. The maximum Gasteiger partial charge on any atom is 0.335 e. The Morgan fingerprint density at radius 2 is 1.94 bits per heavy atom. The fourth-order valence-electron chi connectivity index (χ4n) is 1.40. The average Bonchev–Trinajstić information content (AvgIpc) is 2.67. The molecule has 6 heteroatoms. The van der Waals surface area contributed by atoms with Gasteiger partial charge in [0.1, 0.15) is 5.76 Å². The summed E-state index contributed by atoms with van der Waals surface area (Å²) in [6.45, 7) is 0.524. The van der Waals surface area contributed by atoms with Gasteiger partial charge in [-0.05, 0) is 62.2 Å². The van der Waals surface area contributed by atoms with Crippen molar-refractivity contribution in [1.82, 2.24) is 0 Å². The number of hydrogen-bond acceptors (Lipinski definition) is 3. The lowest BCUT2D eigenvalue weighted by Crippen LogP contribution is -2.00. The van der Waals surface area contributed by atoms with Crippen molar-refractivity contribution in [2.75, 3.05) is 5.32 Å². The molecule has 0 radical (unpaired) electrons. The van der Waals surface area contributed by atoms with E-state index in [0.29, 0.717) is 11.2 Å². The minimum atomic E-state index is -0.930. The van der Waals surface area contributed by atoms with Crippen LogP contribution in [0.3, 0.4) is 0 Å². The SMILES string of the molecule is O=C(O)c1ccc(NCc2cc(Br)c(Br)o2)cc1. The van der Waals surface area contributed by atoms with E-state index in [4.69, 9.17) is 9.52 Å². The molecular formula is C12H9Br2NO3. The van der Waals surface area contributed by atoms with Gasteiger partial charge in [0.05, 0.1) is 16.6 Å². The number of aromatic carboxylic acids is 1.